The van der Waals surface area contributed by atoms with Crippen LogP contribution < -0.4 is 5.56 Å². The van der Waals surface area contributed by atoms with Crippen LogP contribution in [0.2, 0.25) is 0 Å². The third-order valence-corrected chi connectivity index (χ3v) is 3.40. The number of rotatable bonds is 3. The number of halogens is 3. The second kappa shape index (κ2) is 5.96. The Hall–Kier alpha value is -2.89. The first-order valence-electron chi connectivity index (χ1n) is 6.84. The van der Waals surface area contributed by atoms with Gasteiger partial charge in [0, 0.05) is 5.39 Å². The van der Waals surface area contributed by atoms with E-state index in [9.17, 15) is 28.0 Å². The summed E-state index contributed by atoms with van der Waals surface area (Å²) in [5.74, 6) is -1.74. The minimum absolute atomic E-state index is 0.0634. The summed E-state index contributed by atoms with van der Waals surface area (Å²) in [5.41, 5.74) is -2.64. The molecule has 0 radical (unpaired) electrons. The van der Waals surface area contributed by atoms with Gasteiger partial charge in [0.05, 0.1) is 22.2 Å². The third kappa shape index (κ3) is 2.95. The van der Waals surface area contributed by atoms with Crippen molar-refractivity contribution in [3.63, 3.8) is 0 Å². The average molecular weight is 339 g/mol. The maximum absolute atomic E-state index is 13.1. The fourth-order valence-corrected chi connectivity index (χ4v) is 2.40. The molecule has 24 heavy (non-hydrogen) atoms. The van der Waals surface area contributed by atoms with Gasteiger partial charge in [-0.05, 0) is 18.1 Å². The van der Waals surface area contributed by atoms with Gasteiger partial charge in [0.2, 0.25) is 0 Å². The highest BCUT2D eigenvalue weighted by Crippen LogP contribution is 2.36. The van der Waals surface area contributed by atoms with Crippen molar-refractivity contribution in [1.82, 2.24) is 9.78 Å². The van der Waals surface area contributed by atoms with E-state index in [2.05, 4.69) is 5.10 Å². The van der Waals surface area contributed by atoms with Gasteiger partial charge in [0.15, 0.2) is 0 Å². The van der Waals surface area contributed by atoms with E-state index >= 15 is 0 Å². The van der Waals surface area contributed by atoms with Crippen LogP contribution in [0.25, 0.3) is 10.8 Å². The summed E-state index contributed by atoms with van der Waals surface area (Å²) < 4.78 is 40.0. The Balaban J connectivity index is 3.01. The van der Waals surface area contributed by atoms with Gasteiger partial charge in [-0.3, -0.25) is 9.59 Å². The second-order valence-corrected chi connectivity index (χ2v) is 5.42. The van der Waals surface area contributed by atoms with E-state index in [1.165, 1.54) is 6.07 Å². The lowest BCUT2D eigenvalue weighted by atomic mass is 9.95. The molecule has 126 valence electrons. The molecule has 6 nitrogen and oxygen atoms in total. The lowest BCUT2D eigenvalue weighted by Crippen LogP contribution is -2.29. The van der Waals surface area contributed by atoms with E-state index in [-0.39, 0.29) is 16.5 Å². The predicted molar refractivity (Wildman–Crippen MR) is 77.4 cm³/mol. The molecule has 2 rings (SSSR count). The lowest BCUT2D eigenvalue weighted by molar-refractivity contribution is -0.138. The topological polar surface area (TPSA) is 96.0 Å². The summed E-state index contributed by atoms with van der Waals surface area (Å²) in [4.78, 5) is 23.2. The predicted octanol–water partition coefficient (Wildman–Crippen LogP) is 2.49. The van der Waals surface area contributed by atoms with Crippen molar-refractivity contribution in [2.45, 2.75) is 32.5 Å². The fraction of sp³-hybridized carbons (Fsp3) is 0.333. The first kappa shape index (κ1) is 17.5. The molecule has 0 aliphatic heterocycles. The zero-order valence-corrected chi connectivity index (χ0v) is 12.7. The van der Waals surface area contributed by atoms with Crippen LogP contribution in [-0.4, -0.2) is 20.9 Å². The Morgan fingerprint density at radius 3 is 2.50 bits per heavy atom. The summed E-state index contributed by atoms with van der Waals surface area (Å²) in [5, 5.41) is 21.6. The van der Waals surface area contributed by atoms with Gasteiger partial charge in [0.1, 0.15) is 12.6 Å². The maximum atomic E-state index is 13.1. The first-order valence-corrected chi connectivity index (χ1v) is 6.84. The minimum Gasteiger partial charge on any atom is -0.480 e. The van der Waals surface area contributed by atoms with Crippen molar-refractivity contribution >= 4 is 16.7 Å². The number of aliphatic carboxylic acids is 1. The summed E-state index contributed by atoms with van der Waals surface area (Å²) >= 11 is 0. The molecule has 0 bridgehead atoms. The number of fused-ring (bicyclic) bond motifs is 1. The summed E-state index contributed by atoms with van der Waals surface area (Å²) in [6.07, 6.45) is -4.76. The molecular formula is C15H12F3N3O3. The van der Waals surface area contributed by atoms with Crippen LogP contribution in [0.1, 0.15) is 36.6 Å². The highest BCUT2D eigenvalue weighted by atomic mass is 19.4. The zero-order valence-electron chi connectivity index (χ0n) is 12.7. The van der Waals surface area contributed by atoms with Crippen LogP contribution in [0.5, 0.6) is 0 Å². The zero-order chi connectivity index (χ0) is 18.2. The fourth-order valence-electron chi connectivity index (χ4n) is 2.40. The highest BCUT2D eigenvalue weighted by molar-refractivity contribution is 5.91. The van der Waals surface area contributed by atoms with Crippen LogP contribution in [0.3, 0.4) is 0 Å². The Bertz CT molecular complexity index is 924. The van der Waals surface area contributed by atoms with Crippen LogP contribution in [-0.2, 0) is 17.5 Å². The van der Waals surface area contributed by atoms with Crippen LogP contribution in [0.15, 0.2) is 16.9 Å². The standard InChI is InChI=1S/C15H12F3N3O3/c1-7(2)13-12-8(14(24)21(20-13)6-11(22)23)3-4-10(9(12)5-19)15(16,17)18/h3-4,7H,6H2,1-2H3,(H,22,23). The molecule has 1 N–H and O–H groups in total. The normalized spacial score (nSPS) is 11.7. The van der Waals surface area contributed by atoms with E-state index in [1.807, 2.05) is 0 Å². The number of hydrogen-bond acceptors (Lipinski definition) is 4. The molecule has 0 saturated heterocycles. The van der Waals surface area contributed by atoms with Gasteiger partial charge in [-0.1, -0.05) is 13.8 Å². The largest absolute Gasteiger partial charge is 0.480 e. The number of hydrogen-bond donors (Lipinski definition) is 1. The summed E-state index contributed by atoms with van der Waals surface area (Å²) in [7, 11) is 0. The van der Waals surface area contributed by atoms with Crippen molar-refractivity contribution in [3.8, 4) is 6.07 Å². The summed E-state index contributed by atoms with van der Waals surface area (Å²) in [6.45, 7) is 2.52. The molecular weight excluding hydrogens is 327 g/mol. The first-order chi connectivity index (χ1) is 11.1. The number of benzene rings is 1. The van der Waals surface area contributed by atoms with Crippen LogP contribution >= 0.6 is 0 Å². The molecule has 0 unspecified atom stereocenters. The third-order valence-electron chi connectivity index (χ3n) is 3.40. The molecule has 0 aliphatic rings. The van der Waals surface area contributed by atoms with E-state index in [0.717, 1.165) is 6.07 Å². The van der Waals surface area contributed by atoms with E-state index in [1.54, 1.807) is 13.8 Å². The maximum Gasteiger partial charge on any atom is 0.417 e. The molecule has 9 heteroatoms. The minimum atomic E-state index is -4.76. The molecule has 0 saturated carbocycles. The molecule has 1 heterocycles. The van der Waals surface area contributed by atoms with Crippen molar-refractivity contribution in [1.29, 1.82) is 5.26 Å². The van der Waals surface area contributed by atoms with Crippen molar-refractivity contribution < 1.29 is 23.1 Å². The molecule has 1 aromatic carbocycles. The Morgan fingerprint density at radius 1 is 1.42 bits per heavy atom. The highest BCUT2D eigenvalue weighted by Gasteiger charge is 2.35. The second-order valence-electron chi connectivity index (χ2n) is 5.42. The van der Waals surface area contributed by atoms with Gasteiger partial charge >= 0.3 is 12.1 Å². The molecule has 0 aliphatic carbocycles. The van der Waals surface area contributed by atoms with E-state index in [4.69, 9.17) is 5.11 Å². The number of carboxylic acid groups (broad SMARTS) is 1. The van der Waals surface area contributed by atoms with Gasteiger partial charge < -0.3 is 5.11 Å². The molecule has 1 aromatic heterocycles. The van der Waals surface area contributed by atoms with Crippen molar-refractivity contribution in [3.05, 3.63) is 39.3 Å². The Morgan fingerprint density at radius 2 is 2.04 bits per heavy atom. The number of aromatic nitrogens is 2. The summed E-state index contributed by atoms with van der Waals surface area (Å²) in [6, 6.07) is 3.11. The number of alkyl halides is 3. The lowest BCUT2D eigenvalue weighted by Gasteiger charge is -2.16. The molecule has 0 amide bonds. The monoisotopic (exact) mass is 339 g/mol. The SMILES string of the molecule is CC(C)c1nn(CC(=O)O)c(=O)c2ccc(C(F)(F)F)c(C#N)c12. The number of carboxylic acids is 1. The van der Waals surface area contributed by atoms with Crippen LogP contribution in [0.4, 0.5) is 13.2 Å². The number of nitriles is 1. The van der Waals surface area contributed by atoms with Gasteiger partial charge in [0.25, 0.3) is 5.56 Å². The van der Waals surface area contributed by atoms with Crippen LogP contribution in [0, 0.1) is 11.3 Å². The van der Waals surface area contributed by atoms with E-state index in [0.29, 0.717) is 10.7 Å². The molecule has 0 fully saturated rings. The Labute approximate surface area is 133 Å². The van der Waals surface area contributed by atoms with Crippen molar-refractivity contribution in [2.75, 3.05) is 0 Å². The average Bonchev–Trinajstić information content (AvgIpc) is 2.47. The molecule has 2 aromatic rings. The smallest absolute Gasteiger partial charge is 0.417 e. The quantitative estimate of drug-likeness (QED) is 0.927. The van der Waals surface area contributed by atoms with Gasteiger partial charge in [-0.2, -0.15) is 23.5 Å². The molecule has 0 atom stereocenters. The number of nitrogens with zero attached hydrogens (tertiary/aromatic N) is 3. The van der Waals surface area contributed by atoms with Crippen molar-refractivity contribution in [2.24, 2.45) is 0 Å². The molecule has 0 spiro atoms. The van der Waals surface area contributed by atoms with Gasteiger partial charge in [-0.25, -0.2) is 4.68 Å². The van der Waals surface area contributed by atoms with Gasteiger partial charge in [-0.15, -0.1) is 0 Å². The van der Waals surface area contributed by atoms with E-state index < -0.39 is 41.3 Å². The Kier molecular flexibility index (Phi) is 4.34. The number of carbonyl (C=O) groups is 1.